The van der Waals surface area contributed by atoms with Crippen LogP contribution >= 0.6 is 0 Å². The molecule has 2 aromatic carbocycles. The zero-order valence-electron chi connectivity index (χ0n) is 14.1. The maximum Gasteiger partial charge on any atom is 0.251 e. The fourth-order valence-corrected chi connectivity index (χ4v) is 2.73. The number of benzene rings is 2. The van der Waals surface area contributed by atoms with Crippen LogP contribution in [-0.2, 0) is 10.0 Å². The molecule has 0 unspecified atom stereocenters. The first kappa shape index (κ1) is 18.8. The fourth-order valence-electron chi connectivity index (χ4n) is 2.18. The summed E-state index contributed by atoms with van der Waals surface area (Å²) in [7, 11) is -3.37. The van der Waals surface area contributed by atoms with Gasteiger partial charge in [0.1, 0.15) is 5.75 Å². The molecule has 0 aliphatic rings. The van der Waals surface area contributed by atoms with Crippen LogP contribution in [0.25, 0.3) is 0 Å². The van der Waals surface area contributed by atoms with Crippen molar-refractivity contribution in [1.82, 2.24) is 5.32 Å². The molecule has 2 rings (SSSR count). The SMILES string of the molecule is CS(=O)(=O)Nc1cccc(C(=O)NCCCCOc2ccccc2)c1. The Morgan fingerprint density at radius 3 is 2.52 bits per heavy atom. The van der Waals surface area contributed by atoms with Crippen LogP contribution in [0.3, 0.4) is 0 Å². The van der Waals surface area contributed by atoms with Crippen molar-refractivity contribution in [2.75, 3.05) is 24.1 Å². The van der Waals surface area contributed by atoms with Crippen LogP contribution in [0.4, 0.5) is 5.69 Å². The van der Waals surface area contributed by atoms with Gasteiger partial charge in [-0.15, -0.1) is 0 Å². The third-order valence-corrected chi connectivity index (χ3v) is 3.90. The van der Waals surface area contributed by atoms with Gasteiger partial charge in [0.25, 0.3) is 5.91 Å². The molecule has 134 valence electrons. The lowest BCUT2D eigenvalue weighted by Gasteiger charge is -2.08. The van der Waals surface area contributed by atoms with Gasteiger partial charge in [0.05, 0.1) is 12.9 Å². The molecule has 0 saturated carbocycles. The number of hydrogen-bond acceptors (Lipinski definition) is 4. The molecule has 25 heavy (non-hydrogen) atoms. The van der Waals surface area contributed by atoms with Crippen LogP contribution in [-0.4, -0.2) is 33.7 Å². The Labute approximate surface area is 148 Å². The van der Waals surface area contributed by atoms with Gasteiger partial charge in [-0.1, -0.05) is 24.3 Å². The Bertz CT molecular complexity index is 792. The Morgan fingerprint density at radius 2 is 1.80 bits per heavy atom. The fraction of sp³-hybridized carbons (Fsp3) is 0.278. The normalized spacial score (nSPS) is 10.9. The highest BCUT2D eigenvalue weighted by molar-refractivity contribution is 7.92. The molecule has 0 heterocycles. The zero-order valence-corrected chi connectivity index (χ0v) is 14.9. The summed E-state index contributed by atoms with van der Waals surface area (Å²) in [4.78, 5) is 12.1. The molecule has 2 N–H and O–H groups in total. The zero-order chi connectivity index (χ0) is 18.1. The van der Waals surface area contributed by atoms with E-state index in [9.17, 15) is 13.2 Å². The molecule has 7 heteroatoms. The Balaban J connectivity index is 1.70. The van der Waals surface area contributed by atoms with Gasteiger partial charge in [-0.05, 0) is 43.2 Å². The number of amides is 1. The number of ether oxygens (including phenoxy) is 1. The van der Waals surface area contributed by atoms with Crippen LogP contribution in [0.5, 0.6) is 5.75 Å². The number of nitrogens with one attached hydrogen (secondary N) is 2. The maximum atomic E-state index is 12.1. The van der Waals surface area contributed by atoms with Crippen LogP contribution in [0.1, 0.15) is 23.2 Å². The molecule has 0 atom stereocenters. The minimum Gasteiger partial charge on any atom is -0.494 e. The quantitative estimate of drug-likeness (QED) is 0.672. The van der Waals surface area contributed by atoms with Crippen molar-refractivity contribution < 1.29 is 17.9 Å². The molecule has 1 amide bonds. The average Bonchev–Trinajstić information content (AvgIpc) is 2.57. The van der Waals surface area contributed by atoms with E-state index in [0.29, 0.717) is 24.4 Å². The first-order valence-corrected chi connectivity index (χ1v) is 9.87. The molecule has 0 aliphatic carbocycles. The van der Waals surface area contributed by atoms with Crippen molar-refractivity contribution in [3.8, 4) is 5.75 Å². The molecule has 0 saturated heterocycles. The second-order valence-electron chi connectivity index (χ2n) is 5.58. The number of sulfonamides is 1. The van der Waals surface area contributed by atoms with Crippen LogP contribution < -0.4 is 14.8 Å². The van der Waals surface area contributed by atoms with E-state index >= 15 is 0 Å². The van der Waals surface area contributed by atoms with E-state index in [2.05, 4.69) is 10.0 Å². The lowest BCUT2D eigenvalue weighted by atomic mass is 10.2. The van der Waals surface area contributed by atoms with Crippen molar-refractivity contribution in [2.45, 2.75) is 12.8 Å². The first-order valence-electron chi connectivity index (χ1n) is 7.98. The van der Waals surface area contributed by atoms with Crippen molar-refractivity contribution >= 4 is 21.6 Å². The predicted octanol–water partition coefficient (Wildman–Crippen LogP) is 2.65. The number of carbonyl (C=O) groups excluding carboxylic acids is 1. The van der Waals surface area contributed by atoms with E-state index in [0.717, 1.165) is 24.8 Å². The minimum atomic E-state index is -3.37. The summed E-state index contributed by atoms with van der Waals surface area (Å²) in [5, 5.41) is 2.82. The highest BCUT2D eigenvalue weighted by Gasteiger charge is 2.07. The van der Waals surface area contributed by atoms with Gasteiger partial charge in [-0.25, -0.2) is 8.42 Å². The Morgan fingerprint density at radius 1 is 1.04 bits per heavy atom. The Kier molecular flexibility index (Phi) is 6.82. The number of hydrogen-bond donors (Lipinski definition) is 2. The van der Waals surface area contributed by atoms with Gasteiger partial charge in [0.2, 0.25) is 10.0 Å². The number of para-hydroxylation sites is 1. The van der Waals surface area contributed by atoms with Gasteiger partial charge in [0, 0.05) is 17.8 Å². The highest BCUT2D eigenvalue weighted by atomic mass is 32.2. The molecule has 2 aromatic rings. The average molecular weight is 362 g/mol. The number of anilines is 1. The summed E-state index contributed by atoms with van der Waals surface area (Å²) in [5.74, 6) is 0.600. The number of carbonyl (C=O) groups is 1. The van der Waals surface area contributed by atoms with Crippen molar-refractivity contribution in [1.29, 1.82) is 0 Å². The number of rotatable bonds is 9. The summed E-state index contributed by atoms with van der Waals surface area (Å²) in [6.45, 7) is 1.12. The topological polar surface area (TPSA) is 84.5 Å². The van der Waals surface area contributed by atoms with E-state index in [1.54, 1.807) is 18.2 Å². The number of unbranched alkanes of at least 4 members (excludes halogenated alkanes) is 1. The summed E-state index contributed by atoms with van der Waals surface area (Å²) in [6.07, 6.45) is 2.68. The minimum absolute atomic E-state index is 0.235. The highest BCUT2D eigenvalue weighted by Crippen LogP contribution is 2.12. The second-order valence-corrected chi connectivity index (χ2v) is 7.33. The maximum absolute atomic E-state index is 12.1. The molecule has 0 radical (unpaired) electrons. The van der Waals surface area contributed by atoms with Crippen molar-refractivity contribution in [2.24, 2.45) is 0 Å². The van der Waals surface area contributed by atoms with Gasteiger partial charge in [-0.3, -0.25) is 9.52 Å². The molecular formula is C18H22N2O4S. The molecule has 0 aliphatic heterocycles. The third kappa shape index (κ3) is 7.26. The monoisotopic (exact) mass is 362 g/mol. The summed E-state index contributed by atoms with van der Waals surface area (Å²) >= 11 is 0. The van der Waals surface area contributed by atoms with E-state index in [-0.39, 0.29) is 5.91 Å². The van der Waals surface area contributed by atoms with Gasteiger partial charge < -0.3 is 10.1 Å². The molecule has 0 aromatic heterocycles. The lowest BCUT2D eigenvalue weighted by molar-refractivity contribution is 0.0952. The smallest absolute Gasteiger partial charge is 0.251 e. The van der Waals surface area contributed by atoms with E-state index in [1.807, 2.05) is 30.3 Å². The van der Waals surface area contributed by atoms with Crippen LogP contribution in [0.2, 0.25) is 0 Å². The largest absolute Gasteiger partial charge is 0.494 e. The van der Waals surface area contributed by atoms with Gasteiger partial charge in [-0.2, -0.15) is 0 Å². The second kappa shape index (κ2) is 9.08. The molecule has 6 nitrogen and oxygen atoms in total. The third-order valence-electron chi connectivity index (χ3n) is 3.30. The van der Waals surface area contributed by atoms with Gasteiger partial charge in [0.15, 0.2) is 0 Å². The Hall–Kier alpha value is -2.54. The standard InChI is InChI=1S/C18H22N2O4S/c1-25(22,23)20-16-9-7-8-15(14-16)18(21)19-12-5-6-13-24-17-10-3-2-4-11-17/h2-4,7-11,14,20H,5-6,12-13H2,1H3,(H,19,21). The molecule has 0 fully saturated rings. The summed E-state index contributed by atoms with van der Waals surface area (Å²) in [6, 6.07) is 16.0. The van der Waals surface area contributed by atoms with E-state index in [4.69, 9.17) is 4.74 Å². The summed E-state index contributed by atoms with van der Waals surface area (Å²) < 4.78 is 30.4. The molecule has 0 bridgehead atoms. The molecule has 0 spiro atoms. The van der Waals surface area contributed by atoms with Crippen molar-refractivity contribution in [3.05, 3.63) is 60.2 Å². The summed E-state index contributed by atoms with van der Waals surface area (Å²) in [5.41, 5.74) is 0.778. The predicted molar refractivity (Wildman–Crippen MR) is 98.4 cm³/mol. The van der Waals surface area contributed by atoms with Gasteiger partial charge >= 0.3 is 0 Å². The first-order chi connectivity index (χ1) is 11.9. The van der Waals surface area contributed by atoms with Crippen molar-refractivity contribution in [3.63, 3.8) is 0 Å². The van der Waals surface area contributed by atoms with Crippen LogP contribution in [0.15, 0.2) is 54.6 Å². The molecular weight excluding hydrogens is 340 g/mol. The van der Waals surface area contributed by atoms with E-state index in [1.165, 1.54) is 6.07 Å². The lowest BCUT2D eigenvalue weighted by Crippen LogP contribution is -2.24. The van der Waals surface area contributed by atoms with Crippen LogP contribution in [0, 0.1) is 0 Å². The van der Waals surface area contributed by atoms with E-state index < -0.39 is 10.0 Å².